The van der Waals surface area contributed by atoms with Crippen LogP contribution < -0.4 is 5.32 Å². The number of pyridine rings is 1. The number of nitrogens with zero attached hydrogens (tertiary/aromatic N) is 2. The minimum Gasteiger partial charge on any atom is -0.310 e. The van der Waals surface area contributed by atoms with Crippen LogP contribution in [0.1, 0.15) is 25.0 Å². The Morgan fingerprint density at radius 3 is 3.06 bits per heavy atom. The second kappa shape index (κ2) is 5.15. The van der Waals surface area contributed by atoms with Crippen LogP contribution in [-0.2, 0) is 6.54 Å². The molecular formula is C14H21N3. The molecule has 1 aromatic rings. The molecule has 0 spiro atoms. The molecule has 2 atom stereocenters. The first-order valence-corrected chi connectivity index (χ1v) is 6.76. The molecule has 17 heavy (non-hydrogen) atoms. The third kappa shape index (κ3) is 2.67. The maximum absolute atomic E-state index is 4.31. The molecule has 1 aromatic heterocycles. The molecule has 2 heterocycles. The van der Waals surface area contributed by atoms with Gasteiger partial charge in [-0.3, -0.25) is 9.88 Å². The van der Waals surface area contributed by atoms with Gasteiger partial charge in [0.1, 0.15) is 0 Å². The van der Waals surface area contributed by atoms with Gasteiger partial charge in [0.05, 0.1) is 5.69 Å². The van der Waals surface area contributed by atoms with Crippen LogP contribution in [0.2, 0.25) is 0 Å². The predicted molar refractivity (Wildman–Crippen MR) is 68.6 cm³/mol. The summed E-state index contributed by atoms with van der Waals surface area (Å²) < 4.78 is 0. The average molecular weight is 231 g/mol. The van der Waals surface area contributed by atoms with E-state index in [2.05, 4.69) is 21.3 Å². The molecule has 3 rings (SSSR count). The van der Waals surface area contributed by atoms with Gasteiger partial charge in [0, 0.05) is 38.4 Å². The standard InChI is InChI=1S/C14H21N3/c1-2-6-16-13(3-1)10-15-7-8-17-11-12-4-5-14(17)9-12/h1-3,6,12,14-15H,4-5,7-11H2. The molecule has 1 N–H and O–H groups in total. The van der Waals surface area contributed by atoms with Crippen molar-refractivity contribution in [2.45, 2.75) is 31.8 Å². The quantitative estimate of drug-likeness (QED) is 0.781. The van der Waals surface area contributed by atoms with Crippen LogP contribution >= 0.6 is 0 Å². The van der Waals surface area contributed by atoms with Crippen LogP contribution in [-0.4, -0.2) is 35.6 Å². The summed E-state index contributed by atoms with van der Waals surface area (Å²) in [6.07, 6.45) is 6.23. The van der Waals surface area contributed by atoms with E-state index in [1.165, 1.54) is 32.4 Å². The fraction of sp³-hybridized carbons (Fsp3) is 0.643. The van der Waals surface area contributed by atoms with Crippen LogP contribution in [0.3, 0.4) is 0 Å². The average Bonchev–Trinajstić information content (AvgIpc) is 2.98. The van der Waals surface area contributed by atoms with Gasteiger partial charge in [-0.2, -0.15) is 0 Å². The largest absolute Gasteiger partial charge is 0.310 e. The van der Waals surface area contributed by atoms with E-state index in [9.17, 15) is 0 Å². The molecule has 3 nitrogen and oxygen atoms in total. The van der Waals surface area contributed by atoms with Gasteiger partial charge in [-0.05, 0) is 37.3 Å². The Bertz CT molecular complexity index is 352. The maximum Gasteiger partial charge on any atom is 0.0541 e. The molecule has 2 bridgehead atoms. The van der Waals surface area contributed by atoms with Gasteiger partial charge in [-0.25, -0.2) is 0 Å². The molecule has 2 fully saturated rings. The first-order valence-electron chi connectivity index (χ1n) is 6.76. The highest BCUT2D eigenvalue weighted by Crippen LogP contribution is 2.36. The first-order chi connectivity index (χ1) is 8.42. The van der Waals surface area contributed by atoms with Crippen molar-refractivity contribution in [1.82, 2.24) is 15.2 Å². The van der Waals surface area contributed by atoms with E-state index in [0.717, 1.165) is 30.7 Å². The monoisotopic (exact) mass is 231 g/mol. The van der Waals surface area contributed by atoms with Crippen molar-refractivity contribution in [2.75, 3.05) is 19.6 Å². The molecule has 0 radical (unpaired) electrons. The number of nitrogens with one attached hydrogen (secondary N) is 1. The van der Waals surface area contributed by atoms with Gasteiger partial charge in [0.15, 0.2) is 0 Å². The fourth-order valence-corrected chi connectivity index (χ4v) is 3.24. The number of likely N-dealkylation sites (tertiary alicyclic amines) is 1. The minimum absolute atomic E-state index is 0.892. The van der Waals surface area contributed by atoms with Crippen LogP contribution in [0, 0.1) is 5.92 Å². The van der Waals surface area contributed by atoms with Crippen molar-refractivity contribution in [3.05, 3.63) is 30.1 Å². The summed E-state index contributed by atoms with van der Waals surface area (Å²) in [5, 5.41) is 3.48. The number of hydrogen-bond acceptors (Lipinski definition) is 3. The van der Waals surface area contributed by atoms with Crippen molar-refractivity contribution in [3.63, 3.8) is 0 Å². The van der Waals surface area contributed by atoms with Crippen LogP contribution in [0.4, 0.5) is 0 Å². The van der Waals surface area contributed by atoms with E-state index >= 15 is 0 Å². The second-order valence-corrected chi connectivity index (χ2v) is 5.33. The van der Waals surface area contributed by atoms with Crippen molar-refractivity contribution in [2.24, 2.45) is 5.92 Å². The number of piperidine rings is 1. The van der Waals surface area contributed by atoms with E-state index in [1.54, 1.807) is 0 Å². The zero-order valence-corrected chi connectivity index (χ0v) is 10.3. The van der Waals surface area contributed by atoms with E-state index in [1.807, 2.05) is 18.3 Å². The summed E-state index contributed by atoms with van der Waals surface area (Å²) in [7, 11) is 0. The van der Waals surface area contributed by atoms with Crippen molar-refractivity contribution in [3.8, 4) is 0 Å². The highest BCUT2D eigenvalue weighted by Gasteiger charge is 2.36. The number of rotatable bonds is 5. The normalized spacial score (nSPS) is 27.8. The maximum atomic E-state index is 4.31. The van der Waals surface area contributed by atoms with Gasteiger partial charge < -0.3 is 5.32 Å². The van der Waals surface area contributed by atoms with Gasteiger partial charge in [0.2, 0.25) is 0 Å². The Hall–Kier alpha value is -0.930. The zero-order chi connectivity index (χ0) is 11.5. The third-order valence-corrected chi connectivity index (χ3v) is 4.13. The molecule has 1 aliphatic carbocycles. The zero-order valence-electron chi connectivity index (χ0n) is 10.3. The summed E-state index contributed by atoms with van der Waals surface area (Å²) in [5.74, 6) is 1.01. The second-order valence-electron chi connectivity index (χ2n) is 5.33. The molecule has 0 amide bonds. The summed E-state index contributed by atoms with van der Waals surface area (Å²) in [6, 6.07) is 6.98. The van der Waals surface area contributed by atoms with Crippen molar-refractivity contribution >= 4 is 0 Å². The summed E-state index contributed by atoms with van der Waals surface area (Å²) in [4.78, 5) is 6.98. The first kappa shape index (κ1) is 11.2. The Morgan fingerprint density at radius 1 is 1.35 bits per heavy atom. The molecule has 1 aliphatic heterocycles. The molecule has 2 unspecified atom stereocenters. The summed E-state index contributed by atoms with van der Waals surface area (Å²) in [5.41, 5.74) is 1.13. The van der Waals surface area contributed by atoms with Crippen LogP contribution in [0.5, 0.6) is 0 Å². The van der Waals surface area contributed by atoms with Gasteiger partial charge >= 0.3 is 0 Å². The van der Waals surface area contributed by atoms with Gasteiger partial charge in [-0.15, -0.1) is 0 Å². The van der Waals surface area contributed by atoms with Crippen molar-refractivity contribution < 1.29 is 0 Å². The van der Waals surface area contributed by atoms with Gasteiger partial charge in [-0.1, -0.05) is 6.07 Å². The smallest absolute Gasteiger partial charge is 0.0541 e. The molecular weight excluding hydrogens is 210 g/mol. The fourth-order valence-electron chi connectivity index (χ4n) is 3.24. The van der Waals surface area contributed by atoms with Gasteiger partial charge in [0.25, 0.3) is 0 Å². The molecule has 3 heteroatoms. The molecule has 92 valence electrons. The Morgan fingerprint density at radius 2 is 2.35 bits per heavy atom. The van der Waals surface area contributed by atoms with E-state index in [-0.39, 0.29) is 0 Å². The molecule has 2 aliphatic rings. The molecule has 0 aromatic carbocycles. The lowest BCUT2D eigenvalue weighted by atomic mass is 10.1. The van der Waals surface area contributed by atoms with E-state index < -0.39 is 0 Å². The van der Waals surface area contributed by atoms with E-state index in [4.69, 9.17) is 0 Å². The third-order valence-electron chi connectivity index (χ3n) is 4.13. The SMILES string of the molecule is c1ccc(CNCCN2CC3CCC2C3)nc1. The number of hydrogen-bond donors (Lipinski definition) is 1. The van der Waals surface area contributed by atoms with Crippen molar-refractivity contribution in [1.29, 1.82) is 0 Å². The lowest BCUT2D eigenvalue weighted by molar-refractivity contribution is 0.214. The highest BCUT2D eigenvalue weighted by atomic mass is 15.2. The highest BCUT2D eigenvalue weighted by molar-refractivity contribution is 5.02. The lowest BCUT2D eigenvalue weighted by Crippen LogP contribution is -2.37. The number of aromatic nitrogens is 1. The van der Waals surface area contributed by atoms with E-state index in [0.29, 0.717) is 0 Å². The summed E-state index contributed by atoms with van der Waals surface area (Å²) in [6.45, 7) is 4.52. The Kier molecular flexibility index (Phi) is 3.39. The summed E-state index contributed by atoms with van der Waals surface area (Å²) >= 11 is 0. The molecule has 1 saturated carbocycles. The number of fused-ring (bicyclic) bond motifs is 2. The topological polar surface area (TPSA) is 28.2 Å². The molecule has 1 saturated heterocycles. The Labute approximate surface area is 103 Å². The Balaban J connectivity index is 1.36. The van der Waals surface area contributed by atoms with Crippen LogP contribution in [0.15, 0.2) is 24.4 Å². The predicted octanol–water partition coefficient (Wildman–Crippen LogP) is 1.66. The lowest BCUT2D eigenvalue weighted by Gasteiger charge is -2.26. The van der Waals surface area contributed by atoms with Crippen LogP contribution in [0.25, 0.3) is 0 Å². The minimum atomic E-state index is 0.892.